The van der Waals surface area contributed by atoms with Gasteiger partial charge in [0.15, 0.2) is 5.65 Å². The molecule has 0 fully saturated rings. The predicted molar refractivity (Wildman–Crippen MR) is 83.3 cm³/mol. The van der Waals surface area contributed by atoms with Crippen molar-refractivity contribution >= 4 is 16.9 Å². The molecule has 7 heteroatoms. The molecule has 2 rings (SSSR count). The van der Waals surface area contributed by atoms with Gasteiger partial charge in [0.1, 0.15) is 11.6 Å². The zero-order chi connectivity index (χ0) is 15.2. The van der Waals surface area contributed by atoms with Gasteiger partial charge >= 0.3 is 0 Å². The summed E-state index contributed by atoms with van der Waals surface area (Å²) in [6, 6.07) is 0. The molecule has 21 heavy (non-hydrogen) atoms. The smallest absolute Gasteiger partial charge is 0.163 e. The number of nitrogens with zero attached hydrogens (tertiary/aromatic N) is 5. The fraction of sp³-hybridized carbons (Fsp3) is 0.643. The molecular formula is C14H24N6O. The molecule has 0 bridgehead atoms. The summed E-state index contributed by atoms with van der Waals surface area (Å²) >= 11 is 0. The number of rotatable bonds is 8. The average molecular weight is 292 g/mol. The maximum Gasteiger partial charge on any atom is 0.163 e. The highest BCUT2D eigenvalue weighted by molar-refractivity contribution is 5.86. The van der Waals surface area contributed by atoms with Crippen molar-refractivity contribution in [3.8, 4) is 0 Å². The summed E-state index contributed by atoms with van der Waals surface area (Å²) in [6.45, 7) is 5.32. The molecule has 7 nitrogen and oxygen atoms in total. The van der Waals surface area contributed by atoms with E-state index in [0.717, 1.165) is 48.8 Å². The molecule has 0 radical (unpaired) electrons. The van der Waals surface area contributed by atoms with Crippen molar-refractivity contribution < 1.29 is 4.74 Å². The maximum absolute atomic E-state index is 5.08. The van der Waals surface area contributed by atoms with E-state index in [4.69, 9.17) is 4.74 Å². The van der Waals surface area contributed by atoms with E-state index in [1.165, 1.54) is 0 Å². The first-order chi connectivity index (χ1) is 10.2. The number of nitrogens with one attached hydrogen (secondary N) is 1. The number of aryl methyl sites for hydroxylation is 1. The summed E-state index contributed by atoms with van der Waals surface area (Å²) in [5.74, 6) is 1.66. The molecule has 0 saturated carbocycles. The van der Waals surface area contributed by atoms with Crippen LogP contribution in [0.3, 0.4) is 0 Å². The zero-order valence-corrected chi connectivity index (χ0v) is 13.3. The first-order valence-electron chi connectivity index (χ1n) is 7.25. The van der Waals surface area contributed by atoms with Crippen LogP contribution in [0.5, 0.6) is 0 Å². The molecular weight excluding hydrogens is 268 g/mol. The van der Waals surface area contributed by atoms with Gasteiger partial charge in [0.05, 0.1) is 18.1 Å². The number of aromatic nitrogens is 4. The SMILES string of the molecule is CCNc1nc(CN(C)CCCOC)nc2c1cnn2C. The average Bonchev–Trinajstić information content (AvgIpc) is 2.81. The standard InChI is InChI=1S/C14H24N6O/c1-5-15-13-11-9-16-20(3)14(11)18-12(17-13)10-19(2)7-6-8-21-4/h9H,5-8,10H2,1-4H3,(H,15,17,18). The Hall–Kier alpha value is -1.73. The Bertz CT molecular complexity index is 582. The Morgan fingerprint density at radius 3 is 2.90 bits per heavy atom. The molecule has 0 amide bonds. The number of hydrogen-bond acceptors (Lipinski definition) is 6. The molecule has 2 aromatic rings. The summed E-state index contributed by atoms with van der Waals surface area (Å²) in [7, 11) is 5.69. The normalized spacial score (nSPS) is 11.5. The van der Waals surface area contributed by atoms with E-state index >= 15 is 0 Å². The van der Waals surface area contributed by atoms with E-state index in [9.17, 15) is 0 Å². The number of methoxy groups -OCH3 is 1. The molecule has 0 saturated heterocycles. The lowest BCUT2D eigenvalue weighted by Gasteiger charge is -2.16. The van der Waals surface area contributed by atoms with Gasteiger partial charge in [-0.05, 0) is 20.4 Å². The molecule has 1 N–H and O–H groups in total. The van der Waals surface area contributed by atoms with Gasteiger partial charge in [0.2, 0.25) is 0 Å². The Morgan fingerprint density at radius 2 is 2.19 bits per heavy atom. The molecule has 116 valence electrons. The number of anilines is 1. The third kappa shape index (κ3) is 3.89. The van der Waals surface area contributed by atoms with Gasteiger partial charge in [-0.3, -0.25) is 9.58 Å². The van der Waals surface area contributed by atoms with Gasteiger partial charge in [-0.25, -0.2) is 9.97 Å². The molecule has 0 aliphatic carbocycles. The van der Waals surface area contributed by atoms with Gasteiger partial charge in [-0.15, -0.1) is 0 Å². The van der Waals surface area contributed by atoms with Gasteiger partial charge in [0.25, 0.3) is 0 Å². The first kappa shape index (κ1) is 15.7. The van der Waals surface area contributed by atoms with Crippen LogP contribution in [0.15, 0.2) is 6.20 Å². The van der Waals surface area contributed by atoms with Crippen LogP contribution in [0.25, 0.3) is 11.0 Å². The summed E-state index contributed by atoms with van der Waals surface area (Å²) in [6.07, 6.45) is 2.81. The molecule has 2 heterocycles. The second-order valence-electron chi connectivity index (χ2n) is 5.11. The lowest BCUT2D eigenvalue weighted by Crippen LogP contribution is -2.22. The number of ether oxygens (including phenoxy) is 1. The van der Waals surface area contributed by atoms with Gasteiger partial charge in [-0.1, -0.05) is 0 Å². The molecule has 0 aliphatic heterocycles. The lowest BCUT2D eigenvalue weighted by atomic mass is 10.3. The quantitative estimate of drug-likeness (QED) is 0.739. The summed E-state index contributed by atoms with van der Waals surface area (Å²) in [5, 5.41) is 8.51. The lowest BCUT2D eigenvalue weighted by molar-refractivity contribution is 0.177. The van der Waals surface area contributed by atoms with E-state index in [-0.39, 0.29) is 0 Å². The highest BCUT2D eigenvalue weighted by atomic mass is 16.5. The summed E-state index contributed by atoms with van der Waals surface area (Å²) < 4.78 is 6.86. The minimum Gasteiger partial charge on any atom is -0.385 e. The van der Waals surface area contributed by atoms with Crippen LogP contribution in [-0.4, -0.2) is 58.5 Å². The Balaban J connectivity index is 2.17. The van der Waals surface area contributed by atoms with Crippen molar-refractivity contribution in [1.29, 1.82) is 0 Å². The Labute approximate surface area is 125 Å². The van der Waals surface area contributed by atoms with Crippen molar-refractivity contribution in [2.75, 3.05) is 39.2 Å². The topological polar surface area (TPSA) is 68.1 Å². The minimum absolute atomic E-state index is 0.712. The van der Waals surface area contributed by atoms with Crippen LogP contribution in [0.4, 0.5) is 5.82 Å². The third-order valence-corrected chi connectivity index (χ3v) is 3.28. The Kier molecular flexibility index (Phi) is 5.46. The van der Waals surface area contributed by atoms with Crippen molar-refractivity contribution in [2.45, 2.75) is 19.9 Å². The maximum atomic E-state index is 5.08. The second kappa shape index (κ2) is 7.33. The van der Waals surface area contributed by atoms with E-state index in [0.29, 0.717) is 6.54 Å². The zero-order valence-electron chi connectivity index (χ0n) is 13.3. The van der Waals surface area contributed by atoms with Gasteiger partial charge in [-0.2, -0.15) is 5.10 Å². The second-order valence-corrected chi connectivity index (χ2v) is 5.11. The van der Waals surface area contributed by atoms with Crippen molar-refractivity contribution in [3.63, 3.8) is 0 Å². The van der Waals surface area contributed by atoms with Gasteiger partial charge in [0, 0.05) is 33.9 Å². The van der Waals surface area contributed by atoms with Gasteiger partial charge < -0.3 is 10.1 Å². The van der Waals surface area contributed by atoms with E-state index in [1.807, 2.05) is 7.05 Å². The van der Waals surface area contributed by atoms with Crippen LogP contribution in [0.2, 0.25) is 0 Å². The highest BCUT2D eigenvalue weighted by Crippen LogP contribution is 2.19. The number of fused-ring (bicyclic) bond motifs is 1. The van der Waals surface area contributed by atoms with Crippen molar-refractivity contribution in [1.82, 2.24) is 24.6 Å². The van der Waals surface area contributed by atoms with E-state index in [1.54, 1.807) is 18.0 Å². The summed E-state index contributed by atoms with van der Waals surface area (Å²) in [4.78, 5) is 11.4. The fourth-order valence-corrected chi connectivity index (χ4v) is 2.24. The fourth-order valence-electron chi connectivity index (χ4n) is 2.24. The molecule has 0 aliphatic rings. The highest BCUT2D eigenvalue weighted by Gasteiger charge is 2.12. The molecule has 2 aromatic heterocycles. The minimum atomic E-state index is 0.712. The van der Waals surface area contributed by atoms with Crippen molar-refractivity contribution in [2.24, 2.45) is 7.05 Å². The monoisotopic (exact) mass is 292 g/mol. The van der Waals surface area contributed by atoms with Crippen LogP contribution in [0.1, 0.15) is 19.2 Å². The van der Waals surface area contributed by atoms with Crippen LogP contribution >= 0.6 is 0 Å². The summed E-state index contributed by atoms with van der Waals surface area (Å²) in [5.41, 5.74) is 0.862. The van der Waals surface area contributed by atoms with Crippen LogP contribution in [-0.2, 0) is 18.3 Å². The molecule has 0 spiro atoms. The van der Waals surface area contributed by atoms with Crippen LogP contribution in [0, 0.1) is 0 Å². The predicted octanol–water partition coefficient (Wildman–Crippen LogP) is 1.26. The van der Waals surface area contributed by atoms with Crippen LogP contribution < -0.4 is 5.32 Å². The molecule has 0 unspecified atom stereocenters. The van der Waals surface area contributed by atoms with E-state index < -0.39 is 0 Å². The molecule has 0 aromatic carbocycles. The van der Waals surface area contributed by atoms with Crippen molar-refractivity contribution in [3.05, 3.63) is 12.0 Å². The van der Waals surface area contributed by atoms with E-state index in [2.05, 4.69) is 39.3 Å². The first-order valence-corrected chi connectivity index (χ1v) is 7.25. The molecule has 0 atom stereocenters. The third-order valence-electron chi connectivity index (χ3n) is 3.28. The largest absolute Gasteiger partial charge is 0.385 e. The Morgan fingerprint density at radius 1 is 1.38 bits per heavy atom. The number of hydrogen-bond donors (Lipinski definition) is 1.